The molecule has 1 aromatic carbocycles. The van der Waals surface area contributed by atoms with Crippen LogP contribution in [0, 0.1) is 15.5 Å². The van der Waals surface area contributed by atoms with E-state index in [1.165, 1.54) is 17.9 Å². The molecule has 13 heteroatoms. The Kier molecular flexibility index (Phi) is 4.27. The molecule has 0 radical (unpaired) electrons. The number of hydrogen-bond acceptors (Lipinski definition) is 7. The van der Waals surface area contributed by atoms with Gasteiger partial charge in [-0.1, -0.05) is 0 Å². The Morgan fingerprint density at radius 2 is 1.87 bits per heavy atom. The number of alkyl halides is 3. The Bertz CT molecular complexity index is 961. The molecule has 4 rings (SSSR count). The maximum Gasteiger partial charge on any atom is 0.416 e. The molecule has 30 heavy (non-hydrogen) atoms. The van der Waals surface area contributed by atoms with Gasteiger partial charge in [-0.15, -0.1) is 0 Å². The number of benzene rings is 1. The summed E-state index contributed by atoms with van der Waals surface area (Å²) in [6.45, 7) is 0.588. The van der Waals surface area contributed by atoms with Gasteiger partial charge in [-0.2, -0.15) is 13.2 Å². The molecule has 0 aliphatic carbocycles. The van der Waals surface area contributed by atoms with E-state index in [9.17, 15) is 37.7 Å². The van der Waals surface area contributed by atoms with E-state index in [0.29, 0.717) is 0 Å². The lowest BCUT2D eigenvalue weighted by Crippen LogP contribution is -2.76. The van der Waals surface area contributed by atoms with Gasteiger partial charge in [0.2, 0.25) is 11.8 Å². The number of carbonyl (C=O) groups is 3. The van der Waals surface area contributed by atoms with Crippen molar-refractivity contribution >= 4 is 29.2 Å². The topological polar surface area (TPSA) is 131 Å². The number of nitrogens with zero attached hydrogens (tertiary/aromatic N) is 2. The minimum Gasteiger partial charge on any atom is -0.362 e. The van der Waals surface area contributed by atoms with Crippen LogP contribution in [-0.2, 0) is 20.7 Å². The zero-order chi connectivity index (χ0) is 22.0. The van der Waals surface area contributed by atoms with Crippen LogP contribution >= 0.6 is 0 Å². The van der Waals surface area contributed by atoms with Crippen LogP contribution in [0.3, 0.4) is 0 Å². The molecule has 1 spiro atoms. The first-order valence-corrected chi connectivity index (χ1v) is 8.88. The fourth-order valence-electron chi connectivity index (χ4n) is 4.52. The van der Waals surface area contributed by atoms with E-state index in [0.717, 1.165) is 12.1 Å². The van der Waals surface area contributed by atoms with Crippen LogP contribution in [0.1, 0.15) is 12.5 Å². The Labute approximate surface area is 166 Å². The molecule has 2 fully saturated rings. The highest BCUT2D eigenvalue weighted by atomic mass is 19.4. The summed E-state index contributed by atoms with van der Waals surface area (Å²) in [7, 11) is 0. The Morgan fingerprint density at radius 1 is 1.23 bits per heavy atom. The number of hydrogen-bond donors (Lipinski definition) is 2. The first kappa shape index (κ1) is 20.1. The number of barbiturate groups is 1. The predicted octanol–water partition coefficient (Wildman–Crippen LogP) is 1.03. The average molecular weight is 428 g/mol. The van der Waals surface area contributed by atoms with Crippen LogP contribution in [0.5, 0.6) is 0 Å². The number of imide groups is 2. The van der Waals surface area contributed by atoms with Gasteiger partial charge in [0.1, 0.15) is 0 Å². The number of anilines is 1. The van der Waals surface area contributed by atoms with Crippen molar-refractivity contribution in [1.29, 1.82) is 0 Å². The number of fused-ring (bicyclic) bond motifs is 4. The lowest BCUT2D eigenvalue weighted by atomic mass is 9.66. The third kappa shape index (κ3) is 2.80. The van der Waals surface area contributed by atoms with Crippen molar-refractivity contribution in [3.8, 4) is 0 Å². The standard InChI is InChI=1S/C17H15F3N4O6/c1-7-12-16(13(25)21-15(27)22-14(16)26)5-8-4-9(24(28)29)2-3-10(8)23(12)6-11(30-7)17(18,19)20/h2-4,7,11-12H,5-6H2,1H3,(H2,21,22,25,26,27)/t7-,11-,12+/m0/s1. The van der Waals surface area contributed by atoms with Gasteiger partial charge >= 0.3 is 12.2 Å². The molecule has 3 aliphatic heterocycles. The van der Waals surface area contributed by atoms with E-state index in [1.54, 1.807) is 0 Å². The molecule has 2 N–H and O–H groups in total. The predicted molar refractivity (Wildman–Crippen MR) is 92.4 cm³/mol. The fourth-order valence-corrected chi connectivity index (χ4v) is 4.52. The third-order valence-electron chi connectivity index (χ3n) is 5.71. The summed E-state index contributed by atoms with van der Waals surface area (Å²) in [5, 5.41) is 15.1. The molecular weight excluding hydrogens is 413 g/mol. The monoisotopic (exact) mass is 428 g/mol. The van der Waals surface area contributed by atoms with E-state index in [4.69, 9.17) is 4.74 Å². The third-order valence-corrected chi connectivity index (χ3v) is 5.71. The number of urea groups is 1. The van der Waals surface area contributed by atoms with Crippen LogP contribution in [0.25, 0.3) is 0 Å². The molecule has 0 saturated carbocycles. The van der Waals surface area contributed by atoms with E-state index in [2.05, 4.69) is 0 Å². The van der Waals surface area contributed by atoms with Crippen LogP contribution in [-0.4, -0.2) is 53.7 Å². The quantitative estimate of drug-likeness (QED) is 0.388. The summed E-state index contributed by atoms with van der Waals surface area (Å²) >= 11 is 0. The molecule has 0 aromatic heterocycles. The van der Waals surface area contributed by atoms with E-state index in [-0.39, 0.29) is 23.4 Å². The second kappa shape index (κ2) is 6.39. The van der Waals surface area contributed by atoms with E-state index < -0.39 is 59.2 Å². The van der Waals surface area contributed by atoms with Crippen LogP contribution in [0.15, 0.2) is 18.2 Å². The van der Waals surface area contributed by atoms with Crippen molar-refractivity contribution in [2.75, 3.05) is 11.4 Å². The molecule has 1 aromatic rings. The van der Waals surface area contributed by atoms with Gasteiger partial charge in [-0.3, -0.25) is 30.3 Å². The van der Waals surface area contributed by atoms with Crippen molar-refractivity contribution in [1.82, 2.24) is 10.6 Å². The van der Waals surface area contributed by atoms with Crippen LogP contribution < -0.4 is 15.5 Å². The van der Waals surface area contributed by atoms with Crippen molar-refractivity contribution in [2.24, 2.45) is 5.41 Å². The second-order valence-corrected chi connectivity index (χ2v) is 7.42. The van der Waals surface area contributed by atoms with Gasteiger partial charge < -0.3 is 9.64 Å². The van der Waals surface area contributed by atoms with Gasteiger partial charge in [-0.05, 0) is 18.6 Å². The first-order valence-electron chi connectivity index (χ1n) is 8.88. The highest BCUT2D eigenvalue weighted by molar-refractivity contribution is 6.20. The maximum absolute atomic E-state index is 13.4. The molecular formula is C17H15F3N4O6. The Morgan fingerprint density at radius 3 is 2.43 bits per heavy atom. The molecule has 3 atom stereocenters. The van der Waals surface area contributed by atoms with Gasteiger partial charge in [0.25, 0.3) is 5.69 Å². The lowest BCUT2D eigenvalue weighted by molar-refractivity contribution is -0.384. The zero-order valence-electron chi connectivity index (χ0n) is 15.4. The highest BCUT2D eigenvalue weighted by Crippen LogP contribution is 2.48. The Hall–Kier alpha value is -3.22. The second-order valence-electron chi connectivity index (χ2n) is 7.42. The van der Waals surface area contributed by atoms with Crippen molar-refractivity contribution < 1.29 is 37.2 Å². The number of morpholine rings is 1. The molecule has 0 bridgehead atoms. The number of nitrogens with one attached hydrogen (secondary N) is 2. The summed E-state index contributed by atoms with van der Waals surface area (Å²) in [6.07, 6.45) is -8.48. The van der Waals surface area contributed by atoms with Crippen molar-refractivity contribution in [3.63, 3.8) is 0 Å². The summed E-state index contributed by atoms with van der Waals surface area (Å²) in [4.78, 5) is 49.0. The van der Waals surface area contributed by atoms with Crippen molar-refractivity contribution in [2.45, 2.75) is 37.8 Å². The number of nitro groups is 1. The fraction of sp³-hybridized carbons (Fsp3) is 0.471. The molecule has 3 aliphatic rings. The summed E-state index contributed by atoms with van der Waals surface area (Å²) in [5.74, 6) is -1.99. The van der Waals surface area contributed by atoms with Gasteiger partial charge in [0.05, 0.1) is 23.6 Å². The Balaban J connectivity index is 1.90. The maximum atomic E-state index is 13.4. The number of non-ortho nitro benzene ring substituents is 1. The number of carbonyl (C=O) groups excluding carboxylic acids is 3. The highest BCUT2D eigenvalue weighted by Gasteiger charge is 2.64. The number of ether oxygens (including phenoxy) is 1. The lowest BCUT2D eigenvalue weighted by Gasteiger charge is -2.55. The summed E-state index contributed by atoms with van der Waals surface area (Å²) < 4.78 is 45.4. The van der Waals surface area contributed by atoms with Crippen LogP contribution in [0.2, 0.25) is 0 Å². The molecule has 4 amide bonds. The largest absolute Gasteiger partial charge is 0.416 e. The van der Waals surface area contributed by atoms with Crippen molar-refractivity contribution in [3.05, 3.63) is 33.9 Å². The van der Waals surface area contributed by atoms with E-state index in [1.807, 2.05) is 10.6 Å². The minimum absolute atomic E-state index is 0.148. The number of nitro benzene ring substituents is 1. The molecule has 160 valence electrons. The first-order chi connectivity index (χ1) is 13.9. The molecule has 0 unspecified atom stereocenters. The normalized spacial score (nSPS) is 27.8. The van der Waals surface area contributed by atoms with Gasteiger partial charge in [0.15, 0.2) is 11.5 Å². The molecule has 10 nitrogen and oxygen atoms in total. The summed E-state index contributed by atoms with van der Waals surface area (Å²) in [6, 6.07) is 1.33. The van der Waals surface area contributed by atoms with E-state index >= 15 is 0 Å². The molecule has 3 heterocycles. The zero-order valence-corrected chi connectivity index (χ0v) is 15.4. The minimum atomic E-state index is -4.71. The van der Waals surface area contributed by atoms with Gasteiger partial charge in [-0.25, -0.2) is 4.79 Å². The number of amides is 4. The number of rotatable bonds is 1. The summed E-state index contributed by atoms with van der Waals surface area (Å²) in [5.41, 5.74) is -1.97. The smallest absolute Gasteiger partial charge is 0.362 e. The number of halogens is 3. The van der Waals surface area contributed by atoms with Gasteiger partial charge in [0, 0.05) is 24.2 Å². The average Bonchev–Trinajstić information content (AvgIpc) is 2.64. The molecule has 2 saturated heterocycles. The van der Waals surface area contributed by atoms with Crippen LogP contribution in [0.4, 0.5) is 29.3 Å². The SMILES string of the molecule is C[C@@H]1O[C@H](C(F)(F)F)CN2c3ccc([N+](=O)[O-])cc3CC3(C(=O)NC(=O)NC3=O)[C@@H]12.